The Bertz CT molecular complexity index is 376. The predicted molar refractivity (Wildman–Crippen MR) is 55.3 cm³/mol. The van der Waals surface area contributed by atoms with E-state index in [1.165, 1.54) is 30.9 Å². The molecule has 2 rings (SSSR count). The van der Waals surface area contributed by atoms with Crippen LogP contribution in [0.4, 0.5) is 0 Å². The van der Waals surface area contributed by atoms with Crippen molar-refractivity contribution >= 4 is 23.6 Å². The molecular formula is C9H11NO5S. The van der Waals surface area contributed by atoms with Gasteiger partial charge in [-0.2, -0.15) is 0 Å². The van der Waals surface area contributed by atoms with Crippen LogP contribution in [0.5, 0.6) is 0 Å². The highest BCUT2D eigenvalue weighted by molar-refractivity contribution is 8.04. The number of methoxy groups -OCH3 is 2. The zero-order chi connectivity index (χ0) is 11.9. The van der Waals surface area contributed by atoms with Gasteiger partial charge in [-0.3, -0.25) is 9.69 Å². The molecule has 1 N–H and O–H groups in total. The van der Waals surface area contributed by atoms with Crippen LogP contribution in [-0.2, 0) is 19.1 Å². The van der Waals surface area contributed by atoms with Crippen molar-refractivity contribution in [1.82, 2.24) is 4.90 Å². The second-order valence-electron chi connectivity index (χ2n) is 3.36. The van der Waals surface area contributed by atoms with E-state index in [1.54, 1.807) is 0 Å². The lowest BCUT2D eigenvalue weighted by Gasteiger charge is -2.33. The molecular weight excluding hydrogens is 234 g/mol. The van der Waals surface area contributed by atoms with Crippen molar-refractivity contribution in [2.75, 3.05) is 14.2 Å². The van der Waals surface area contributed by atoms with Gasteiger partial charge in [0.05, 0.1) is 16.7 Å². The number of fused-ring (bicyclic) bond motifs is 1. The summed E-state index contributed by atoms with van der Waals surface area (Å²) in [6.45, 7) is 0. The van der Waals surface area contributed by atoms with Gasteiger partial charge in [0, 0.05) is 14.2 Å². The Labute approximate surface area is 96.2 Å². The molecule has 1 fully saturated rings. The van der Waals surface area contributed by atoms with Crippen LogP contribution in [0.1, 0.15) is 6.42 Å². The molecule has 16 heavy (non-hydrogen) atoms. The highest BCUT2D eigenvalue weighted by atomic mass is 32.2. The van der Waals surface area contributed by atoms with Crippen molar-refractivity contribution in [2.45, 2.75) is 18.1 Å². The lowest BCUT2D eigenvalue weighted by atomic mass is 10.1. The first-order chi connectivity index (χ1) is 7.60. The summed E-state index contributed by atoms with van der Waals surface area (Å²) in [5, 5.41) is 8.98. The third-order valence-corrected chi connectivity index (χ3v) is 3.78. The van der Waals surface area contributed by atoms with Crippen molar-refractivity contribution in [3.63, 3.8) is 0 Å². The highest BCUT2D eigenvalue weighted by Gasteiger charge is 2.50. The number of nitrogens with zero attached hydrogens (tertiary/aromatic N) is 1. The predicted octanol–water partition coefficient (Wildman–Crippen LogP) is 0.207. The van der Waals surface area contributed by atoms with Crippen LogP contribution >= 0.6 is 11.8 Å². The standard InChI is InChI=1S/C9H11NO5S/c1-14-9(15-2)7-6(8(12)13)10-4(11)3-5(10)16-7/h5,9H,3H2,1-2H3,(H,12,13)/t5-/m1/s1. The topological polar surface area (TPSA) is 76.1 Å². The molecule has 0 aromatic heterocycles. The van der Waals surface area contributed by atoms with E-state index in [9.17, 15) is 9.59 Å². The Hall–Kier alpha value is -1.05. The maximum atomic E-state index is 11.3. The molecule has 7 heteroatoms. The molecule has 2 aliphatic heterocycles. The van der Waals surface area contributed by atoms with Crippen LogP contribution in [0.2, 0.25) is 0 Å². The lowest BCUT2D eigenvalue weighted by Crippen LogP contribution is -2.48. The molecule has 0 radical (unpaired) electrons. The van der Waals surface area contributed by atoms with Gasteiger partial charge in [-0.15, -0.1) is 0 Å². The molecule has 0 unspecified atom stereocenters. The number of carbonyl (C=O) groups is 2. The third-order valence-electron chi connectivity index (χ3n) is 2.49. The van der Waals surface area contributed by atoms with Crippen LogP contribution in [0.15, 0.2) is 10.6 Å². The van der Waals surface area contributed by atoms with E-state index in [0.717, 1.165) is 0 Å². The van der Waals surface area contributed by atoms with Gasteiger partial charge in [0.1, 0.15) is 5.70 Å². The largest absolute Gasteiger partial charge is 0.477 e. The summed E-state index contributed by atoms with van der Waals surface area (Å²) in [4.78, 5) is 24.1. The maximum absolute atomic E-state index is 11.3. The number of hydrogen-bond acceptors (Lipinski definition) is 5. The summed E-state index contributed by atoms with van der Waals surface area (Å²) in [5.41, 5.74) is -0.0139. The summed E-state index contributed by atoms with van der Waals surface area (Å²) in [6.07, 6.45) is -0.361. The average Bonchev–Trinajstić information content (AvgIpc) is 2.54. The molecule has 0 aromatic carbocycles. The van der Waals surface area contributed by atoms with E-state index in [2.05, 4.69) is 0 Å². The van der Waals surface area contributed by atoms with Gasteiger partial charge in [0.25, 0.3) is 0 Å². The number of carboxylic acids is 1. The summed E-state index contributed by atoms with van der Waals surface area (Å²) < 4.78 is 10.0. The van der Waals surface area contributed by atoms with Crippen molar-refractivity contribution in [3.8, 4) is 0 Å². The van der Waals surface area contributed by atoms with E-state index >= 15 is 0 Å². The molecule has 1 amide bonds. The molecule has 0 saturated carbocycles. The first kappa shape index (κ1) is 11.4. The van der Waals surface area contributed by atoms with E-state index in [4.69, 9.17) is 14.6 Å². The van der Waals surface area contributed by atoms with E-state index < -0.39 is 12.3 Å². The molecule has 2 heterocycles. The van der Waals surface area contributed by atoms with Gasteiger partial charge in [-0.05, 0) is 0 Å². The van der Waals surface area contributed by atoms with Crippen LogP contribution in [0.3, 0.4) is 0 Å². The van der Waals surface area contributed by atoms with Gasteiger partial charge in [-0.1, -0.05) is 11.8 Å². The van der Waals surface area contributed by atoms with E-state index in [1.807, 2.05) is 0 Å². The first-order valence-electron chi connectivity index (χ1n) is 4.62. The van der Waals surface area contributed by atoms with Crippen molar-refractivity contribution in [3.05, 3.63) is 10.6 Å². The van der Waals surface area contributed by atoms with Crippen LogP contribution < -0.4 is 0 Å². The van der Waals surface area contributed by atoms with Gasteiger partial charge < -0.3 is 14.6 Å². The zero-order valence-corrected chi connectivity index (χ0v) is 9.61. The number of aliphatic carboxylic acids is 1. The lowest BCUT2D eigenvalue weighted by molar-refractivity contribution is -0.145. The van der Waals surface area contributed by atoms with Crippen LogP contribution in [0, 0.1) is 0 Å². The van der Waals surface area contributed by atoms with E-state index in [0.29, 0.717) is 11.3 Å². The average molecular weight is 245 g/mol. The summed E-state index contributed by atoms with van der Waals surface area (Å²) in [7, 11) is 2.86. The molecule has 6 nitrogen and oxygen atoms in total. The van der Waals surface area contributed by atoms with E-state index in [-0.39, 0.29) is 17.0 Å². The minimum atomic E-state index is -1.13. The fourth-order valence-corrected chi connectivity index (χ4v) is 3.21. The minimum absolute atomic E-state index is 0.0139. The van der Waals surface area contributed by atoms with Gasteiger partial charge in [-0.25, -0.2) is 4.79 Å². The normalized spacial score (nSPS) is 23.8. The minimum Gasteiger partial charge on any atom is -0.477 e. The fourth-order valence-electron chi connectivity index (χ4n) is 1.76. The first-order valence-corrected chi connectivity index (χ1v) is 5.50. The molecule has 0 spiro atoms. The smallest absolute Gasteiger partial charge is 0.353 e. The quantitative estimate of drug-likeness (QED) is 0.563. The molecule has 0 aromatic rings. The van der Waals surface area contributed by atoms with Crippen LogP contribution in [-0.4, -0.2) is 47.8 Å². The third kappa shape index (κ3) is 1.51. The van der Waals surface area contributed by atoms with Crippen LogP contribution in [0.25, 0.3) is 0 Å². The molecule has 0 aliphatic carbocycles. The maximum Gasteiger partial charge on any atom is 0.353 e. The van der Waals surface area contributed by atoms with Crippen molar-refractivity contribution in [1.29, 1.82) is 0 Å². The number of β-lactam (4-membered cyclic amide) rings is 1. The molecule has 88 valence electrons. The van der Waals surface area contributed by atoms with Gasteiger partial charge in [0.2, 0.25) is 5.91 Å². The zero-order valence-electron chi connectivity index (χ0n) is 8.80. The number of thioether (sulfide) groups is 1. The number of ether oxygens (including phenoxy) is 2. The van der Waals surface area contributed by atoms with Crippen molar-refractivity contribution < 1.29 is 24.2 Å². The number of carbonyl (C=O) groups excluding carboxylic acids is 1. The number of carboxylic acid groups (broad SMARTS) is 1. The number of amides is 1. The monoisotopic (exact) mass is 245 g/mol. The summed E-state index contributed by atoms with van der Waals surface area (Å²) in [5.74, 6) is -1.30. The SMILES string of the molecule is COC(OC)C1=C(C(=O)O)N2C(=O)C[C@H]2S1. The summed E-state index contributed by atoms with van der Waals surface area (Å²) in [6, 6.07) is 0. The highest BCUT2D eigenvalue weighted by Crippen LogP contribution is 2.47. The summed E-state index contributed by atoms with van der Waals surface area (Å²) >= 11 is 1.31. The number of hydrogen-bond donors (Lipinski definition) is 1. The Balaban J connectivity index is 2.35. The molecule has 1 atom stereocenters. The van der Waals surface area contributed by atoms with Gasteiger partial charge >= 0.3 is 5.97 Å². The number of rotatable bonds is 4. The Morgan fingerprint density at radius 2 is 2.19 bits per heavy atom. The van der Waals surface area contributed by atoms with Crippen molar-refractivity contribution in [2.24, 2.45) is 0 Å². The Kier molecular flexibility index (Phi) is 2.92. The second-order valence-corrected chi connectivity index (χ2v) is 4.58. The fraction of sp³-hybridized carbons (Fsp3) is 0.556. The Morgan fingerprint density at radius 1 is 1.56 bits per heavy atom. The molecule has 0 bridgehead atoms. The molecule has 1 saturated heterocycles. The second kappa shape index (κ2) is 4.08. The molecule has 2 aliphatic rings. The Morgan fingerprint density at radius 3 is 2.62 bits per heavy atom. The van der Waals surface area contributed by atoms with Gasteiger partial charge in [0.15, 0.2) is 6.29 Å².